The lowest BCUT2D eigenvalue weighted by Crippen LogP contribution is -2.14. The fourth-order valence-corrected chi connectivity index (χ4v) is 3.87. The van der Waals surface area contributed by atoms with Crippen molar-refractivity contribution in [3.8, 4) is 11.5 Å². The van der Waals surface area contributed by atoms with Crippen molar-refractivity contribution in [3.63, 3.8) is 0 Å². The molecular formula is C21H22ClF3O3S. The highest BCUT2D eigenvalue weighted by molar-refractivity contribution is 8.00. The molecule has 2 aromatic rings. The number of hydrogen-bond acceptors (Lipinski definition) is 4. The molecule has 1 unspecified atom stereocenters. The van der Waals surface area contributed by atoms with Crippen LogP contribution in [0.4, 0.5) is 13.2 Å². The fourth-order valence-electron chi connectivity index (χ4n) is 2.57. The number of ether oxygens (including phenoxy) is 2. The van der Waals surface area contributed by atoms with Gasteiger partial charge in [-0.25, -0.2) is 0 Å². The van der Waals surface area contributed by atoms with Crippen LogP contribution < -0.4 is 4.74 Å². The first kappa shape index (κ1) is 23.4. The molecule has 158 valence electrons. The minimum Gasteiger partial charge on any atom is -0.468 e. The van der Waals surface area contributed by atoms with Crippen molar-refractivity contribution >= 4 is 29.3 Å². The third-order valence-corrected chi connectivity index (χ3v) is 5.64. The van der Waals surface area contributed by atoms with Crippen molar-refractivity contribution in [2.24, 2.45) is 0 Å². The zero-order valence-electron chi connectivity index (χ0n) is 16.3. The third-order valence-electron chi connectivity index (χ3n) is 4.16. The Morgan fingerprint density at radius 2 is 1.93 bits per heavy atom. The van der Waals surface area contributed by atoms with Crippen LogP contribution in [0.1, 0.15) is 37.8 Å². The zero-order chi connectivity index (χ0) is 21.6. The van der Waals surface area contributed by atoms with Crippen LogP contribution in [0, 0.1) is 0 Å². The molecular weight excluding hydrogens is 425 g/mol. The van der Waals surface area contributed by atoms with Gasteiger partial charge in [-0.1, -0.05) is 31.0 Å². The van der Waals surface area contributed by atoms with E-state index in [1.54, 1.807) is 19.1 Å². The summed E-state index contributed by atoms with van der Waals surface area (Å²) in [7, 11) is 1.34. The first-order valence-corrected chi connectivity index (χ1v) is 10.3. The second kappa shape index (κ2) is 10.3. The van der Waals surface area contributed by atoms with Gasteiger partial charge in [-0.2, -0.15) is 13.2 Å². The molecule has 0 aliphatic carbocycles. The number of unbranched alkanes of at least 4 members (excludes halogenated alkanes) is 1. The van der Waals surface area contributed by atoms with Gasteiger partial charge in [0.15, 0.2) is 0 Å². The topological polar surface area (TPSA) is 35.5 Å². The largest absolute Gasteiger partial charge is 0.468 e. The highest BCUT2D eigenvalue weighted by atomic mass is 35.5. The molecule has 0 amide bonds. The molecule has 0 bridgehead atoms. The van der Waals surface area contributed by atoms with Crippen molar-refractivity contribution in [2.45, 2.75) is 49.4 Å². The smallest absolute Gasteiger partial charge is 0.416 e. The summed E-state index contributed by atoms with van der Waals surface area (Å²) in [6.07, 6.45) is -1.62. The van der Waals surface area contributed by atoms with E-state index in [2.05, 4.69) is 6.92 Å². The van der Waals surface area contributed by atoms with E-state index in [0.717, 1.165) is 41.9 Å². The van der Waals surface area contributed by atoms with Gasteiger partial charge < -0.3 is 9.47 Å². The van der Waals surface area contributed by atoms with Gasteiger partial charge in [0.25, 0.3) is 0 Å². The Balaban J connectivity index is 2.29. The summed E-state index contributed by atoms with van der Waals surface area (Å²) in [6, 6.07) is 8.36. The Bertz CT molecular complexity index is 856. The molecule has 3 nitrogen and oxygen atoms in total. The van der Waals surface area contributed by atoms with E-state index in [0.29, 0.717) is 5.75 Å². The molecule has 1 atom stereocenters. The van der Waals surface area contributed by atoms with Gasteiger partial charge in [-0.15, -0.1) is 11.8 Å². The first-order valence-electron chi connectivity index (χ1n) is 9.07. The normalized spacial score (nSPS) is 12.5. The van der Waals surface area contributed by atoms with E-state index < -0.39 is 17.0 Å². The summed E-state index contributed by atoms with van der Waals surface area (Å²) in [5, 5.41) is -0.544. The lowest BCUT2D eigenvalue weighted by molar-refractivity contribution is -0.139. The molecule has 0 heterocycles. The number of rotatable bonds is 8. The van der Waals surface area contributed by atoms with Crippen LogP contribution in [-0.4, -0.2) is 18.3 Å². The Kier molecular flexibility index (Phi) is 8.28. The minimum absolute atomic E-state index is 0.123. The molecule has 0 aliphatic rings. The fraction of sp³-hybridized carbons (Fsp3) is 0.381. The lowest BCUT2D eigenvalue weighted by Gasteiger charge is -2.16. The van der Waals surface area contributed by atoms with E-state index in [9.17, 15) is 18.0 Å². The summed E-state index contributed by atoms with van der Waals surface area (Å²) in [4.78, 5) is 12.6. The molecule has 0 saturated carbocycles. The second-order valence-electron chi connectivity index (χ2n) is 6.40. The number of carbonyl (C=O) groups is 1. The summed E-state index contributed by atoms with van der Waals surface area (Å²) in [5.74, 6) is 0.206. The maximum absolute atomic E-state index is 12.8. The van der Waals surface area contributed by atoms with Gasteiger partial charge in [0.05, 0.1) is 17.7 Å². The summed E-state index contributed by atoms with van der Waals surface area (Å²) in [6.45, 7) is 3.84. The van der Waals surface area contributed by atoms with Gasteiger partial charge in [-0.3, -0.25) is 4.79 Å². The second-order valence-corrected chi connectivity index (χ2v) is 8.19. The summed E-state index contributed by atoms with van der Waals surface area (Å²) >= 11 is 7.33. The number of esters is 1. The number of halogens is 4. The van der Waals surface area contributed by atoms with Gasteiger partial charge in [0.2, 0.25) is 0 Å². The minimum atomic E-state index is -4.48. The average molecular weight is 447 g/mol. The van der Waals surface area contributed by atoms with Crippen molar-refractivity contribution < 1.29 is 27.4 Å². The Labute approximate surface area is 177 Å². The van der Waals surface area contributed by atoms with E-state index in [-0.39, 0.29) is 16.7 Å². The van der Waals surface area contributed by atoms with E-state index >= 15 is 0 Å². The maximum Gasteiger partial charge on any atom is 0.416 e. The first-order chi connectivity index (χ1) is 13.7. The molecule has 0 saturated heterocycles. The number of carbonyl (C=O) groups excluding carboxylic acids is 1. The van der Waals surface area contributed by atoms with Crippen LogP contribution in [0.25, 0.3) is 0 Å². The maximum atomic E-state index is 12.8. The zero-order valence-corrected chi connectivity index (χ0v) is 17.9. The molecule has 8 heteroatoms. The standard InChI is InChI=1S/C21H22ClF3O3S/c1-4-5-6-14-7-9-16(12-19(14)29-13(2)20(26)27-3)28-18-10-8-15(11-17(18)22)21(23,24)25/h7-13H,4-6H2,1-3H3. The number of aryl methyl sites for hydroxylation is 1. The van der Waals surface area contributed by atoms with E-state index in [4.69, 9.17) is 21.1 Å². The van der Waals surface area contributed by atoms with Gasteiger partial charge in [0, 0.05) is 4.90 Å². The van der Waals surface area contributed by atoms with Crippen molar-refractivity contribution in [1.82, 2.24) is 0 Å². The summed E-state index contributed by atoms with van der Waals surface area (Å²) < 4.78 is 48.9. The monoisotopic (exact) mass is 446 g/mol. The molecule has 0 aromatic heterocycles. The van der Waals surface area contributed by atoms with Crippen molar-refractivity contribution in [1.29, 1.82) is 0 Å². The summed E-state index contributed by atoms with van der Waals surface area (Å²) in [5.41, 5.74) is 0.228. The Morgan fingerprint density at radius 3 is 2.52 bits per heavy atom. The SMILES string of the molecule is CCCCc1ccc(Oc2ccc(C(F)(F)F)cc2Cl)cc1SC(C)C(=O)OC. The Morgan fingerprint density at radius 1 is 1.21 bits per heavy atom. The molecule has 0 N–H and O–H groups in total. The van der Waals surface area contributed by atoms with Crippen LogP contribution in [0.5, 0.6) is 11.5 Å². The quantitative estimate of drug-likeness (QED) is 0.318. The molecule has 0 fully saturated rings. The average Bonchev–Trinajstić information content (AvgIpc) is 2.67. The molecule has 2 aromatic carbocycles. The molecule has 29 heavy (non-hydrogen) atoms. The van der Waals surface area contributed by atoms with Crippen LogP contribution in [0.3, 0.4) is 0 Å². The lowest BCUT2D eigenvalue weighted by atomic mass is 10.1. The van der Waals surface area contributed by atoms with Crippen LogP contribution in [0.2, 0.25) is 5.02 Å². The van der Waals surface area contributed by atoms with Gasteiger partial charge in [-0.05, 0) is 55.7 Å². The molecule has 0 aliphatic heterocycles. The molecule has 2 rings (SSSR count). The van der Waals surface area contributed by atoms with E-state index in [1.807, 2.05) is 6.07 Å². The number of methoxy groups -OCH3 is 1. The van der Waals surface area contributed by atoms with Crippen molar-refractivity contribution in [2.75, 3.05) is 7.11 Å². The predicted molar refractivity (Wildman–Crippen MR) is 109 cm³/mol. The van der Waals surface area contributed by atoms with Crippen LogP contribution >= 0.6 is 23.4 Å². The molecule has 0 radical (unpaired) electrons. The van der Waals surface area contributed by atoms with Crippen molar-refractivity contribution in [3.05, 3.63) is 52.5 Å². The highest BCUT2D eigenvalue weighted by Gasteiger charge is 2.31. The van der Waals surface area contributed by atoms with Crippen LogP contribution in [0.15, 0.2) is 41.3 Å². The Hall–Kier alpha value is -1.86. The van der Waals surface area contributed by atoms with Gasteiger partial charge in [0.1, 0.15) is 16.7 Å². The van der Waals surface area contributed by atoms with E-state index in [1.165, 1.54) is 24.9 Å². The number of alkyl halides is 3. The van der Waals surface area contributed by atoms with Gasteiger partial charge >= 0.3 is 12.1 Å². The predicted octanol–water partition coefficient (Wildman–Crippen LogP) is 7.15. The highest BCUT2D eigenvalue weighted by Crippen LogP contribution is 2.38. The molecule has 0 spiro atoms. The van der Waals surface area contributed by atoms with Crippen LogP contribution in [-0.2, 0) is 22.1 Å². The number of hydrogen-bond donors (Lipinski definition) is 0. The number of benzene rings is 2. The third kappa shape index (κ3) is 6.57. The number of thioether (sulfide) groups is 1.